The smallest absolute Gasteiger partial charge is 0.230 e. The van der Waals surface area contributed by atoms with Crippen LogP contribution >= 0.6 is 0 Å². The summed E-state index contributed by atoms with van der Waals surface area (Å²) in [6, 6.07) is 5.72. The number of methoxy groups -OCH3 is 1. The highest BCUT2D eigenvalue weighted by Gasteiger charge is 2.36. The normalized spacial score (nSPS) is 20.2. The minimum absolute atomic E-state index is 0.131. The third-order valence-corrected chi connectivity index (χ3v) is 4.05. The zero-order valence-corrected chi connectivity index (χ0v) is 13.4. The molecular formula is C17H20FN3O3. The number of carbonyl (C=O) groups is 1. The molecule has 2 heterocycles. The van der Waals surface area contributed by atoms with Crippen molar-refractivity contribution in [2.24, 2.45) is 5.92 Å². The molecule has 3 rings (SSSR count). The average molecular weight is 333 g/mol. The summed E-state index contributed by atoms with van der Waals surface area (Å²) in [5, 5.41) is 7.09. The van der Waals surface area contributed by atoms with E-state index in [1.807, 2.05) is 6.20 Å². The quantitative estimate of drug-likeness (QED) is 0.881. The van der Waals surface area contributed by atoms with E-state index in [0.717, 1.165) is 5.56 Å². The summed E-state index contributed by atoms with van der Waals surface area (Å²) in [5.74, 6) is -0.762. The van der Waals surface area contributed by atoms with Gasteiger partial charge in [-0.05, 0) is 30.7 Å². The zero-order valence-electron chi connectivity index (χ0n) is 13.4. The van der Waals surface area contributed by atoms with E-state index in [9.17, 15) is 9.18 Å². The number of hydrogen-bond donors (Lipinski definition) is 1. The highest BCUT2D eigenvalue weighted by molar-refractivity contribution is 5.93. The van der Waals surface area contributed by atoms with Gasteiger partial charge in [0.05, 0.1) is 31.4 Å². The van der Waals surface area contributed by atoms with Crippen molar-refractivity contribution >= 4 is 11.6 Å². The van der Waals surface area contributed by atoms with Crippen molar-refractivity contribution in [1.82, 2.24) is 9.78 Å². The second-order valence-electron chi connectivity index (χ2n) is 5.71. The van der Waals surface area contributed by atoms with Gasteiger partial charge in [-0.1, -0.05) is 0 Å². The van der Waals surface area contributed by atoms with Crippen molar-refractivity contribution in [3.63, 3.8) is 0 Å². The summed E-state index contributed by atoms with van der Waals surface area (Å²) in [4.78, 5) is 12.5. The summed E-state index contributed by atoms with van der Waals surface area (Å²) < 4.78 is 25.5. The number of carbonyl (C=O) groups excluding carboxylic acids is 1. The number of anilines is 1. The van der Waals surface area contributed by atoms with Gasteiger partial charge < -0.3 is 14.8 Å². The Morgan fingerprint density at radius 3 is 3.00 bits per heavy atom. The molecule has 0 aliphatic carbocycles. The number of benzene rings is 1. The molecule has 7 heteroatoms. The van der Waals surface area contributed by atoms with Crippen molar-refractivity contribution in [2.75, 3.05) is 25.6 Å². The predicted molar refractivity (Wildman–Crippen MR) is 85.9 cm³/mol. The van der Waals surface area contributed by atoms with Crippen LogP contribution in [0.25, 0.3) is 0 Å². The van der Waals surface area contributed by atoms with Gasteiger partial charge in [0.15, 0.2) is 0 Å². The van der Waals surface area contributed by atoms with E-state index >= 15 is 0 Å². The third-order valence-electron chi connectivity index (χ3n) is 4.05. The van der Waals surface area contributed by atoms with Gasteiger partial charge in [0.1, 0.15) is 5.82 Å². The van der Waals surface area contributed by atoms with E-state index in [-0.39, 0.29) is 23.7 Å². The molecule has 0 spiro atoms. The van der Waals surface area contributed by atoms with Crippen LogP contribution in [0.15, 0.2) is 36.7 Å². The van der Waals surface area contributed by atoms with E-state index in [4.69, 9.17) is 9.47 Å². The largest absolute Gasteiger partial charge is 0.383 e. The van der Waals surface area contributed by atoms with Crippen LogP contribution in [0, 0.1) is 11.7 Å². The van der Waals surface area contributed by atoms with Crippen molar-refractivity contribution in [3.05, 3.63) is 48.0 Å². The summed E-state index contributed by atoms with van der Waals surface area (Å²) >= 11 is 0. The molecule has 1 N–H and O–H groups in total. The number of nitrogens with zero attached hydrogens (tertiary/aromatic N) is 2. The maximum atomic E-state index is 12.9. The van der Waals surface area contributed by atoms with Gasteiger partial charge in [-0.2, -0.15) is 5.10 Å². The highest BCUT2D eigenvalue weighted by Crippen LogP contribution is 2.35. The number of ether oxygens (including phenoxy) is 2. The number of amides is 1. The maximum Gasteiger partial charge on any atom is 0.230 e. The van der Waals surface area contributed by atoms with Crippen LogP contribution in [0.5, 0.6) is 0 Å². The lowest BCUT2D eigenvalue weighted by molar-refractivity contribution is -0.121. The standard InChI is InChI=1S/C17H20FN3O3/c1-23-9-7-21-11-12(10-19-21)16-15(6-8-24-16)17(22)20-14-4-2-13(18)3-5-14/h2-5,10-11,15-16H,6-9H2,1H3,(H,20,22)/t15-,16+/m0/s1. The van der Waals surface area contributed by atoms with E-state index < -0.39 is 0 Å². The van der Waals surface area contributed by atoms with Crippen molar-refractivity contribution in [1.29, 1.82) is 0 Å². The Morgan fingerprint density at radius 1 is 1.46 bits per heavy atom. The minimum Gasteiger partial charge on any atom is -0.383 e. The molecule has 1 aromatic carbocycles. The lowest BCUT2D eigenvalue weighted by atomic mass is 9.96. The molecule has 1 saturated heterocycles. The molecular weight excluding hydrogens is 313 g/mol. The van der Waals surface area contributed by atoms with Crippen molar-refractivity contribution < 1.29 is 18.7 Å². The van der Waals surface area contributed by atoms with Crippen LogP contribution in [-0.2, 0) is 20.8 Å². The molecule has 1 aromatic heterocycles. The Kier molecular flexibility index (Phi) is 5.22. The average Bonchev–Trinajstić information content (AvgIpc) is 3.23. The number of aromatic nitrogens is 2. The third kappa shape index (κ3) is 3.80. The second-order valence-corrected chi connectivity index (χ2v) is 5.71. The number of hydrogen-bond acceptors (Lipinski definition) is 4. The maximum absolute atomic E-state index is 12.9. The molecule has 1 amide bonds. The highest BCUT2D eigenvalue weighted by atomic mass is 19.1. The Labute approximate surface area is 139 Å². The van der Waals surface area contributed by atoms with E-state index in [2.05, 4.69) is 10.4 Å². The van der Waals surface area contributed by atoms with Gasteiger partial charge in [-0.3, -0.25) is 9.48 Å². The van der Waals surface area contributed by atoms with Gasteiger partial charge in [0.2, 0.25) is 5.91 Å². The SMILES string of the molecule is COCCn1cc([C@H]2OCC[C@@H]2C(=O)Nc2ccc(F)cc2)cn1. The van der Waals surface area contributed by atoms with Crippen LogP contribution < -0.4 is 5.32 Å². The first-order chi connectivity index (χ1) is 11.7. The van der Waals surface area contributed by atoms with E-state index in [1.165, 1.54) is 12.1 Å². The lowest BCUT2D eigenvalue weighted by Gasteiger charge is -2.17. The summed E-state index contributed by atoms with van der Waals surface area (Å²) in [5.41, 5.74) is 1.45. The Hall–Kier alpha value is -2.25. The van der Waals surface area contributed by atoms with Gasteiger partial charge >= 0.3 is 0 Å². The topological polar surface area (TPSA) is 65.4 Å². The van der Waals surface area contributed by atoms with Gasteiger partial charge in [-0.15, -0.1) is 0 Å². The fraction of sp³-hybridized carbons (Fsp3) is 0.412. The molecule has 1 aliphatic rings. The van der Waals surface area contributed by atoms with Crippen LogP contribution in [0.2, 0.25) is 0 Å². The Morgan fingerprint density at radius 2 is 2.25 bits per heavy atom. The Balaban J connectivity index is 1.67. The second kappa shape index (κ2) is 7.55. The summed E-state index contributed by atoms with van der Waals surface area (Å²) in [6.45, 7) is 1.74. The molecule has 0 unspecified atom stereocenters. The minimum atomic E-state index is -0.335. The first kappa shape index (κ1) is 16.6. The van der Waals surface area contributed by atoms with Crippen LogP contribution in [0.1, 0.15) is 18.1 Å². The molecule has 0 bridgehead atoms. The van der Waals surface area contributed by atoms with Crippen LogP contribution in [-0.4, -0.2) is 36.0 Å². The van der Waals surface area contributed by atoms with Gasteiger partial charge in [0.25, 0.3) is 0 Å². The van der Waals surface area contributed by atoms with Gasteiger partial charge in [-0.25, -0.2) is 4.39 Å². The van der Waals surface area contributed by atoms with Crippen molar-refractivity contribution in [3.8, 4) is 0 Å². The fourth-order valence-corrected chi connectivity index (χ4v) is 2.79. The molecule has 24 heavy (non-hydrogen) atoms. The van der Waals surface area contributed by atoms with E-state index in [0.29, 0.717) is 31.9 Å². The molecule has 1 fully saturated rings. The lowest BCUT2D eigenvalue weighted by Crippen LogP contribution is -2.25. The number of nitrogens with one attached hydrogen (secondary N) is 1. The predicted octanol–water partition coefficient (Wildman–Crippen LogP) is 2.38. The molecule has 2 aromatic rings. The van der Waals surface area contributed by atoms with Crippen molar-refractivity contribution in [2.45, 2.75) is 19.1 Å². The summed E-state index contributed by atoms with van der Waals surface area (Å²) in [7, 11) is 1.64. The zero-order chi connectivity index (χ0) is 16.9. The van der Waals surface area contributed by atoms with E-state index in [1.54, 1.807) is 30.1 Å². The molecule has 128 valence electrons. The molecule has 6 nitrogen and oxygen atoms in total. The first-order valence-electron chi connectivity index (χ1n) is 7.86. The molecule has 0 saturated carbocycles. The monoisotopic (exact) mass is 333 g/mol. The number of halogens is 1. The number of rotatable bonds is 6. The van der Waals surface area contributed by atoms with Gasteiger partial charge in [0, 0.05) is 31.2 Å². The fourth-order valence-electron chi connectivity index (χ4n) is 2.79. The molecule has 0 radical (unpaired) electrons. The van der Waals surface area contributed by atoms with Crippen LogP contribution in [0.3, 0.4) is 0 Å². The Bertz CT molecular complexity index is 687. The van der Waals surface area contributed by atoms with Crippen LogP contribution in [0.4, 0.5) is 10.1 Å². The summed E-state index contributed by atoms with van der Waals surface area (Å²) in [6.07, 6.45) is 3.93. The molecule has 2 atom stereocenters. The molecule has 1 aliphatic heterocycles. The first-order valence-corrected chi connectivity index (χ1v) is 7.86.